The van der Waals surface area contributed by atoms with Gasteiger partial charge in [0.1, 0.15) is 5.78 Å². The predicted octanol–water partition coefficient (Wildman–Crippen LogP) is 6.07. The van der Waals surface area contributed by atoms with E-state index in [1.54, 1.807) is 0 Å². The van der Waals surface area contributed by atoms with Gasteiger partial charge in [0, 0.05) is 28.6 Å². The maximum atomic E-state index is 11.8. The Morgan fingerprint density at radius 1 is 1.18 bits per heavy atom. The molecule has 5 nitrogen and oxygen atoms in total. The number of imidazole rings is 1. The third kappa shape index (κ3) is 4.10. The molecule has 3 aromatic heterocycles. The van der Waals surface area contributed by atoms with E-state index < -0.39 is 0 Å². The van der Waals surface area contributed by atoms with Crippen LogP contribution >= 0.6 is 0 Å². The fourth-order valence-corrected chi connectivity index (χ4v) is 5.44. The Labute approximate surface area is 195 Å². The number of likely N-dealkylation sites (tertiary alicyclic amines) is 1. The second kappa shape index (κ2) is 8.79. The summed E-state index contributed by atoms with van der Waals surface area (Å²) >= 11 is 0. The van der Waals surface area contributed by atoms with Crippen LogP contribution in [0, 0.1) is 6.92 Å². The van der Waals surface area contributed by atoms with Gasteiger partial charge in [-0.05, 0) is 80.1 Å². The van der Waals surface area contributed by atoms with Gasteiger partial charge >= 0.3 is 0 Å². The minimum atomic E-state index is 0.348. The van der Waals surface area contributed by atoms with E-state index in [9.17, 15) is 4.79 Å². The van der Waals surface area contributed by atoms with Gasteiger partial charge in [-0.25, -0.2) is 4.98 Å². The van der Waals surface area contributed by atoms with E-state index in [4.69, 9.17) is 0 Å². The van der Waals surface area contributed by atoms with Crippen molar-refractivity contribution in [3.63, 3.8) is 0 Å². The maximum Gasteiger partial charge on any atom is 0.146 e. The Kier molecular flexibility index (Phi) is 5.83. The van der Waals surface area contributed by atoms with Gasteiger partial charge in [-0.2, -0.15) is 0 Å². The molecule has 5 heteroatoms. The van der Waals surface area contributed by atoms with E-state index in [1.165, 1.54) is 39.0 Å². The Hall–Kier alpha value is -2.92. The zero-order chi connectivity index (χ0) is 23.1. The van der Waals surface area contributed by atoms with Gasteiger partial charge < -0.3 is 9.38 Å². The molecular weight excluding hydrogens is 408 g/mol. The molecule has 1 aromatic carbocycles. The molecule has 0 bridgehead atoms. The van der Waals surface area contributed by atoms with E-state index in [1.807, 2.05) is 19.4 Å². The maximum absolute atomic E-state index is 11.8. The summed E-state index contributed by atoms with van der Waals surface area (Å²) in [6.45, 7) is 11.3. The number of fused-ring (bicyclic) bond motifs is 2. The summed E-state index contributed by atoms with van der Waals surface area (Å²) < 4.78 is 2.12. The quantitative estimate of drug-likeness (QED) is 0.394. The summed E-state index contributed by atoms with van der Waals surface area (Å²) in [6.07, 6.45) is 6.67. The van der Waals surface area contributed by atoms with E-state index in [2.05, 4.69) is 70.4 Å². The number of benzene rings is 1. The fraction of sp³-hybridized carbons (Fsp3) is 0.429. The van der Waals surface area contributed by atoms with Gasteiger partial charge in [-0.3, -0.25) is 9.69 Å². The smallest absolute Gasteiger partial charge is 0.146 e. The van der Waals surface area contributed by atoms with Crippen LogP contribution < -0.4 is 0 Å². The van der Waals surface area contributed by atoms with Crippen LogP contribution in [0.5, 0.6) is 0 Å². The number of rotatable bonds is 6. The Morgan fingerprint density at radius 3 is 2.70 bits per heavy atom. The van der Waals surface area contributed by atoms with E-state index in [0.29, 0.717) is 30.6 Å². The molecule has 0 aliphatic carbocycles. The number of H-pyrrole nitrogens is 1. The molecule has 33 heavy (non-hydrogen) atoms. The van der Waals surface area contributed by atoms with E-state index in [0.717, 1.165) is 31.4 Å². The lowest BCUT2D eigenvalue weighted by Crippen LogP contribution is -2.36. The lowest BCUT2D eigenvalue weighted by molar-refractivity contribution is -0.120. The number of aromatic amines is 1. The second-order valence-corrected chi connectivity index (χ2v) is 9.89. The lowest BCUT2D eigenvalue weighted by atomic mass is 9.87. The predicted molar refractivity (Wildman–Crippen MR) is 135 cm³/mol. The number of aromatic nitrogens is 3. The summed E-state index contributed by atoms with van der Waals surface area (Å²) in [5.74, 6) is 1.32. The molecule has 5 rings (SSSR count). The third-order valence-electron chi connectivity index (χ3n) is 7.30. The number of nitrogens with one attached hydrogen (secondary N) is 1. The Balaban J connectivity index is 1.48. The standard InChI is InChI=1S/C28H34N4O/c1-5-24(33)16-31-10-8-20(9-11-31)21-6-7-26-25(14-21)27(18(2)3)28(30-26)22-12-19(4)32-17-29-15-23(32)13-22/h6-7,12-15,17-18,20,30H,5,8-11,16H2,1-4H3. The highest BCUT2D eigenvalue weighted by molar-refractivity contribution is 5.92. The van der Waals surface area contributed by atoms with Crippen molar-refractivity contribution >= 4 is 22.2 Å². The minimum absolute atomic E-state index is 0.348. The van der Waals surface area contributed by atoms with Crippen LogP contribution in [0.4, 0.5) is 0 Å². The number of ketones is 1. The van der Waals surface area contributed by atoms with Crippen molar-refractivity contribution in [3.8, 4) is 11.3 Å². The molecule has 4 aromatic rings. The molecule has 1 fully saturated rings. The van der Waals surface area contributed by atoms with Crippen molar-refractivity contribution in [1.29, 1.82) is 0 Å². The lowest BCUT2D eigenvalue weighted by Gasteiger charge is -2.31. The number of carbonyl (C=O) groups excluding carboxylic acids is 1. The number of Topliss-reactive ketones (excluding diaryl/α,β-unsaturated/α-hetero) is 1. The molecule has 0 unspecified atom stereocenters. The topological polar surface area (TPSA) is 53.4 Å². The molecule has 0 amide bonds. The van der Waals surface area contributed by atoms with E-state index in [-0.39, 0.29) is 0 Å². The first-order chi connectivity index (χ1) is 15.9. The van der Waals surface area contributed by atoms with Crippen LogP contribution in [-0.2, 0) is 4.79 Å². The number of pyridine rings is 1. The van der Waals surface area contributed by atoms with Crippen LogP contribution in [0.3, 0.4) is 0 Å². The summed E-state index contributed by atoms with van der Waals surface area (Å²) in [5.41, 5.74) is 8.76. The molecular formula is C28H34N4O. The molecule has 1 aliphatic rings. The minimum Gasteiger partial charge on any atom is -0.354 e. The summed E-state index contributed by atoms with van der Waals surface area (Å²) in [7, 11) is 0. The highest BCUT2D eigenvalue weighted by Crippen LogP contribution is 2.38. The second-order valence-electron chi connectivity index (χ2n) is 9.89. The molecule has 1 aliphatic heterocycles. The number of piperidine rings is 1. The van der Waals surface area contributed by atoms with Crippen molar-refractivity contribution < 1.29 is 4.79 Å². The largest absolute Gasteiger partial charge is 0.354 e. The first-order valence-electron chi connectivity index (χ1n) is 12.3. The molecule has 0 atom stereocenters. The summed E-state index contributed by atoms with van der Waals surface area (Å²) in [5, 5.41) is 1.34. The third-order valence-corrected chi connectivity index (χ3v) is 7.30. The van der Waals surface area contributed by atoms with Crippen molar-refractivity contribution in [1.82, 2.24) is 19.3 Å². The molecule has 4 heterocycles. The number of hydrogen-bond acceptors (Lipinski definition) is 3. The van der Waals surface area contributed by atoms with Gasteiger partial charge in [0.05, 0.1) is 30.3 Å². The SMILES string of the molecule is CCC(=O)CN1CCC(c2ccc3[nH]c(-c4cc(C)n5cncc5c4)c(C(C)C)c3c2)CC1. The number of carbonyl (C=O) groups is 1. The molecule has 0 saturated carbocycles. The normalized spacial score (nSPS) is 15.8. The number of hydrogen-bond donors (Lipinski definition) is 1. The monoisotopic (exact) mass is 442 g/mol. The van der Waals surface area contributed by atoms with Crippen molar-refractivity contribution in [2.75, 3.05) is 19.6 Å². The first kappa shape index (κ1) is 21.9. The molecule has 172 valence electrons. The Morgan fingerprint density at radius 2 is 1.97 bits per heavy atom. The zero-order valence-electron chi connectivity index (χ0n) is 20.2. The average Bonchev–Trinajstić information content (AvgIpc) is 3.44. The van der Waals surface area contributed by atoms with Gasteiger partial charge in [-0.15, -0.1) is 0 Å². The molecule has 0 spiro atoms. The highest BCUT2D eigenvalue weighted by Gasteiger charge is 2.23. The average molecular weight is 443 g/mol. The molecule has 0 radical (unpaired) electrons. The van der Waals surface area contributed by atoms with Gasteiger partial charge in [-0.1, -0.05) is 26.8 Å². The zero-order valence-corrected chi connectivity index (χ0v) is 20.2. The molecule has 1 N–H and O–H groups in total. The van der Waals surface area contributed by atoms with Crippen LogP contribution in [0.25, 0.3) is 27.7 Å². The van der Waals surface area contributed by atoms with Crippen molar-refractivity contribution in [2.24, 2.45) is 0 Å². The highest BCUT2D eigenvalue weighted by atomic mass is 16.1. The fourth-order valence-electron chi connectivity index (χ4n) is 5.44. The van der Waals surface area contributed by atoms with Crippen molar-refractivity contribution in [2.45, 2.75) is 58.8 Å². The summed E-state index contributed by atoms with van der Waals surface area (Å²) in [6, 6.07) is 11.5. The van der Waals surface area contributed by atoms with E-state index >= 15 is 0 Å². The van der Waals surface area contributed by atoms with Crippen LogP contribution in [0.15, 0.2) is 42.9 Å². The van der Waals surface area contributed by atoms with Crippen LogP contribution in [0.2, 0.25) is 0 Å². The Bertz CT molecular complexity index is 1300. The van der Waals surface area contributed by atoms with Gasteiger partial charge in [0.2, 0.25) is 0 Å². The van der Waals surface area contributed by atoms with Crippen molar-refractivity contribution in [3.05, 3.63) is 59.7 Å². The van der Waals surface area contributed by atoms with Crippen LogP contribution in [-0.4, -0.2) is 44.7 Å². The van der Waals surface area contributed by atoms with Gasteiger partial charge in [0.15, 0.2) is 0 Å². The number of aryl methyl sites for hydroxylation is 1. The summed E-state index contributed by atoms with van der Waals surface area (Å²) in [4.78, 5) is 22.2. The molecule has 1 saturated heterocycles. The number of nitrogens with zero attached hydrogens (tertiary/aromatic N) is 3. The van der Waals surface area contributed by atoms with Crippen LogP contribution in [0.1, 0.15) is 68.7 Å². The van der Waals surface area contributed by atoms with Gasteiger partial charge in [0.25, 0.3) is 0 Å². The first-order valence-corrected chi connectivity index (χ1v) is 12.3.